The largest absolute Gasteiger partial charge is 0.356 e. The van der Waals surface area contributed by atoms with Crippen LogP contribution in [0.2, 0.25) is 0 Å². The maximum Gasteiger partial charge on any atom is 0.356 e. The molecule has 8 nitrogen and oxygen atoms in total. The fourth-order valence-corrected chi connectivity index (χ4v) is 11.0. The molecule has 1 aliphatic carbocycles. The number of hydrogen-bond donors (Lipinski definition) is 1. The summed E-state index contributed by atoms with van der Waals surface area (Å²) in [6.07, 6.45) is 8.79. The van der Waals surface area contributed by atoms with Crippen LogP contribution >= 0.6 is 0 Å². The first-order chi connectivity index (χ1) is 35.7. The number of rotatable bonds is 6. The Morgan fingerprint density at radius 3 is 1.51 bits per heavy atom. The van der Waals surface area contributed by atoms with Gasteiger partial charge in [0.15, 0.2) is 11.5 Å². The summed E-state index contributed by atoms with van der Waals surface area (Å²) in [7, 11) is 0. The van der Waals surface area contributed by atoms with Gasteiger partial charge in [-0.3, -0.25) is 4.57 Å². The number of benzene rings is 9. The zero-order chi connectivity index (χ0) is 47.5. The average molecular weight is 958 g/mol. The Kier molecular flexibility index (Phi) is 11.6. The minimum atomic E-state index is 0. The minimum absolute atomic E-state index is 0. The number of allylic oxidation sites excluding steroid dienone is 4. The first kappa shape index (κ1) is 45.5. The molecule has 9 aromatic carbocycles. The molecule has 2 unspecified atom stereocenters. The van der Waals surface area contributed by atoms with E-state index >= 15 is 0 Å². The minimum Gasteiger partial charge on any atom is -0.309 e. The summed E-state index contributed by atoms with van der Waals surface area (Å²) in [6.45, 7) is 0. The van der Waals surface area contributed by atoms with Crippen molar-refractivity contribution in [2.24, 2.45) is 0 Å². The third-order valence-electron chi connectivity index (χ3n) is 14.3. The van der Waals surface area contributed by atoms with E-state index in [1.54, 1.807) is 0 Å². The number of aromatic nitrogens is 8. The van der Waals surface area contributed by atoms with Crippen LogP contribution in [-0.4, -0.2) is 34.0 Å². The van der Waals surface area contributed by atoms with Gasteiger partial charge < -0.3 is 9.13 Å². The molecule has 356 valence electrons. The van der Waals surface area contributed by atoms with Gasteiger partial charge in [0, 0.05) is 55.9 Å². The van der Waals surface area contributed by atoms with E-state index in [0.717, 1.165) is 62.7 Å². The Labute approximate surface area is 430 Å². The summed E-state index contributed by atoms with van der Waals surface area (Å²) < 4.78 is 9.00. The SMILES string of the molecule is C.C.C1=CC2c3ccccc3-n3c(-c4cccc(-n5c6ccccc6c6ccccc65)c4)nnc3C2C=C1.c1ccc(-c2nc(-c3ccccc3)[n+](-c3ccc(-n4c5ccccc5c5ccccc54)cc3)[nH]2)cc1. The average Bonchev–Trinajstić information content (AvgIpc) is 4.26. The first-order valence-corrected chi connectivity index (χ1v) is 24.5. The Morgan fingerprint density at radius 2 is 0.905 bits per heavy atom. The lowest BCUT2D eigenvalue weighted by Crippen LogP contribution is -2.35. The zero-order valence-electron chi connectivity index (χ0n) is 39.0. The Balaban J connectivity index is 0.000000146. The lowest BCUT2D eigenvalue weighted by Gasteiger charge is -2.32. The Hall–Kier alpha value is -9.66. The number of nitrogens with one attached hydrogen (secondary N) is 1. The van der Waals surface area contributed by atoms with Gasteiger partial charge in [0.1, 0.15) is 5.82 Å². The summed E-state index contributed by atoms with van der Waals surface area (Å²) in [5.74, 6) is 4.06. The van der Waals surface area contributed by atoms with Crippen LogP contribution in [0, 0.1) is 0 Å². The first-order valence-electron chi connectivity index (χ1n) is 24.5. The van der Waals surface area contributed by atoms with Crippen LogP contribution in [0.4, 0.5) is 0 Å². The molecule has 1 N–H and O–H groups in total. The molecule has 0 saturated heterocycles. The number of H-pyrrole nitrogens is 1. The predicted octanol–water partition coefficient (Wildman–Crippen LogP) is 15.7. The molecule has 0 amide bonds. The normalized spacial score (nSPS) is 14.2. The molecule has 5 heterocycles. The third kappa shape index (κ3) is 7.46. The fraction of sp³-hybridized carbons (Fsp3) is 0.0606. The molecular weight excluding hydrogens is 905 g/mol. The summed E-state index contributed by atoms with van der Waals surface area (Å²) in [4.78, 5) is 4.98. The summed E-state index contributed by atoms with van der Waals surface area (Å²) in [5.41, 5.74) is 13.7. The van der Waals surface area contributed by atoms with Gasteiger partial charge in [0.25, 0.3) is 5.82 Å². The molecule has 4 aromatic heterocycles. The second-order valence-corrected chi connectivity index (χ2v) is 18.4. The molecular formula is C66H53N8+. The highest BCUT2D eigenvalue weighted by molar-refractivity contribution is 6.10. The van der Waals surface area contributed by atoms with Crippen molar-refractivity contribution in [2.45, 2.75) is 26.7 Å². The smallest absolute Gasteiger partial charge is 0.309 e. The molecule has 0 bridgehead atoms. The van der Waals surface area contributed by atoms with Crippen LogP contribution in [-0.2, 0) is 0 Å². The van der Waals surface area contributed by atoms with Gasteiger partial charge in [-0.05, 0) is 102 Å². The van der Waals surface area contributed by atoms with Crippen LogP contribution in [0.3, 0.4) is 0 Å². The van der Waals surface area contributed by atoms with Gasteiger partial charge in [0.05, 0.1) is 33.3 Å². The van der Waals surface area contributed by atoms with Crippen LogP contribution in [0.15, 0.2) is 255 Å². The van der Waals surface area contributed by atoms with Gasteiger partial charge in [-0.25, -0.2) is 0 Å². The van der Waals surface area contributed by atoms with Crippen LogP contribution < -0.4 is 4.68 Å². The highest BCUT2D eigenvalue weighted by atomic mass is 15.4. The van der Waals surface area contributed by atoms with Crippen molar-refractivity contribution < 1.29 is 4.68 Å². The van der Waals surface area contributed by atoms with Crippen LogP contribution in [0.1, 0.15) is 38.1 Å². The van der Waals surface area contributed by atoms with Gasteiger partial charge in [-0.1, -0.05) is 179 Å². The number of para-hydroxylation sites is 5. The van der Waals surface area contributed by atoms with E-state index in [-0.39, 0.29) is 20.8 Å². The van der Waals surface area contributed by atoms with E-state index in [2.05, 4.69) is 242 Å². The Bertz CT molecular complexity index is 4120. The molecule has 2 atom stereocenters. The number of nitrogens with zero attached hydrogens (tertiary/aromatic N) is 7. The molecule has 0 radical (unpaired) electrons. The fourth-order valence-electron chi connectivity index (χ4n) is 11.0. The van der Waals surface area contributed by atoms with Gasteiger partial charge in [-0.2, -0.15) is 5.10 Å². The maximum atomic E-state index is 4.98. The van der Waals surface area contributed by atoms with Crippen molar-refractivity contribution in [2.75, 3.05) is 0 Å². The second-order valence-electron chi connectivity index (χ2n) is 18.4. The maximum absolute atomic E-state index is 4.98. The molecule has 8 heteroatoms. The van der Waals surface area contributed by atoms with E-state index < -0.39 is 0 Å². The van der Waals surface area contributed by atoms with E-state index in [0.29, 0.717) is 5.92 Å². The van der Waals surface area contributed by atoms with Crippen molar-refractivity contribution in [1.82, 2.24) is 34.0 Å². The molecule has 0 fully saturated rings. The molecule has 1 aliphatic heterocycles. The zero-order valence-corrected chi connectivity index (χ0v) is 39.0. The van der Waals surface area contributed by atoms with E-state index in [1.807, 2.05) is 36.4 Å². The standard InChI is InChI=1S/2C32H22N4.2CH4/c1-2-16-27-23(12-1)24-13-3-8-19-30(24)36-31(33-34-32(27)36)21-10-9-11-22(20-21)35-28-17-6-4-14-25(28)26-15-5-7-18-29(26)35;1-3-11-23(12-4-1)31-33-32(24-13-5-2-6-14-24)36(34-31)26-21-19-25(20-22-26)35-29-17-9-7-15-27(29)28-16-8-10-18-30(28)35;;/h1-20,23,27H;1-22H;2*1H4/p+1. The van der Waals surface area contributed by atoms with Gasteiger partial charge >= 0.3 is 5.82 Å². The van der Waals surface area contributed by atoms with Crippen molar-refractivity contribution >= 4 is 43.6 Å². The lowest BCUT2D eigenvalue weighted by molar-refractivity contribution is -0.644. The van der Waals surface area contributed by atoms with Crippen molar-refractivity contribution in [1.29, 1.82) is 0 Å². The van der Waals surface area contributed by atoms with E-state index in [1.165, 1.54) is 49.2 Å². The monoisotopic (exact) mass is 957 g/mol. The van der Waals surface area contributed by atoms with Crippen molar-refractivity contribution in [3.8, 4) is 56.9 Å². The molecule has 74 heavy (non-hydrogen) atoms. The van der Waals surface area contributed by atoms with E-state index in [9.17, 15) is 0 Å². The van der Waals surface area contributed by atoms with Gasteiger partial charge in [-0.15, -0.1) is 14.9 Å². The molecule has 0 saturated carbocycles. The van der Waals surface area contributed by atoms with Crippen LogP contribution in [0.5, 0.6) is 0 Å². The van der Waals surface area contributed by atoms with Crippen molar-refractivity contribution in [3.05, 3.63) is 266 Å². The molecule has 0 spiro atoms. The highest BCUT2D eigenvalue weighted by Crippen LogP contribution is 2.46. The molecule has 15 rings (SSSR count). The number of hydrogen-bond acceptors (Lipinski definition) is 3. The third-order valence-corrected chi connectivity index (χ3v) is 14.3. The molecule has 2 aliphatic rings. The summed E-state index contributed by atoms with van der Waals surface area (Å²) in [6, 6.07) is 80.9. The summed E-state index contributed by atoms with van der Waals surface area (Å²) in [5, 5.41) is 18.1. The van der Waals surface area contributed by atoms with Gasteiger partial charge in [0.2, 0.25) is 0 Å². The number of aromatic amines is 1. The number of fused-ring (bicyclic) bond motifs is 12. The van der Waals surface area contributed by atoms with Crippen LogP contribution in [0.25, 0.3) is 101 Å². The summed E-state index contributed by atoms with van der Waals surface area (Å²) >= 11 is 0. The van der Waals surface area contributed by atoms with Crippen molar-refractivity contribution in [3.63, 3.8) is 0 Å². The van der Waals surface area contributed by atoms with E-state index in [4.69, 9.17) is 15.2 Å². The highest BCUT2D eigenvalue weighted by Gasteiger charge is 2.35. The Morgan fingerprint density at radius 1 is 0.405 bits per heavy atom. The quantitative estimate of drug-likeness (QED) is 0.169. The lowest BCUT2D eigenvalue weighted by atomic mass is 9.79. The predicted molar refractivity (Wildman–Crippen MR) is 304 cm³/mol. The second kappa shape index (κ2) is 18.8. The topological polar surface area (TPSA) is 73.1 Å². The molecule has 13 aromatic rings.